The van der Waals surface area contributed by atoms with Crippen molar-refractivity contribution in [3.8, 4) is 16.9 Å². The van der Waals surface area contributed by atoms with E-state index in [4.69, 9.17) is 19.4 Å². The van der Waals surface area contributed by atoms with Crippen LogP contribution in [0, 0.1) is 0 Å². The summed E-state index contributed by atoms with van der Waals surface area (Å²) in [5.74, 6) is -1.81. The number of nitrogens with zero attached hydrogens (tertiary/aromatic N) is 2. The summed E-state index contributed by atoms with van der Waals surface area (Å²) in [6, 6.07) is 20.3. The first kappa shape index (κ1) is 27.1. The quantitative estimate of drug-likeness (QED) is 0.511. The molecule has 0 atom stereocenters. The van der Waals surface area contributed by atoms with Gasteiger partial charge in [0, 0.05) is 42.8 Å². The molecule has 2 aliphatic heterocycles. The van der Waals surface area contributed by atoms with Gasteiger partial charge in [0.25, 0.3) is 0 Å². The normalized spacial score (nSPS) is 15.8. The zero-order chi connectivity index (χ0) is 27.3. The number of fused-ring (bicyclic) bond motifs is 2. The van der Waals surface area contributed by atoms with Crippen LogP contribution >= 0.6 is 0 Å². The number of amides is 1. The maximum absolute atomic E-state index is 13.3. The summed E-state index contributed by atoms with van der Waals surface area (Å²) < 4.78 is 42.7. The van der Waals surface area contributed by atoms with E-state index in [1.54, 1.807) is 13.3 Å². The van der Waals surface area contributed by atoms with Crippen molar-refractivity contribution in [1.29, 1.82) is 0 Å². The number of pyridine rings is 1. The highest BCUT2D eigenvalue weighted by Gasteiger charge is 2.45. The molecule has 1 amide bonds. The molecule has 7 nitrogen and oxygen atoms in total. The standard InChI is InChI=1S/C26H26N2O3.C2HF3O2/c1-30-22-8-5-19(6-9-22)20-7-10-24-23(16-20)26(11-14-31-15-12-26)18-28(24)25(29)17-21-4-2-3-13-27-21;3-2(4,5)1(6)7/h2-10,13,16H,11-12,14-15,17-18H2,1H3;(H,6,7). The Morgan fingerprint density at radius 3 is 2.29 bits per heavy atom. The Kier molecular flexibility index (Phi) is 8.01. The van der Waals surface area contributed by atoms with Gasteiger partial charge in [-0.2, -0.15) is 13.2 Å². The van der Waals surface area contributed by atoms with Crippen LogP contribution in [0.1, 0.15) is 24.1 Å². The van der Waals surface area contributed by atoms with Gasteiger partial charge in [0.15, 0.2) is 0 Å². The smallest absolute Gasteiger partial charge is 0.490 e. The van der Waals surface area contributed by atoms with Crippen molar-refractivity contribution in [2.24, 2.45) is 0 Å². The van der Waals surface area contributed by atoms with Gasteiger partial charge >= 0.3 is 12.1 Å². The van der Waals surface area contributed by atoms with Crippen LogP contribution in [0.2, 0.25) is 0 Å². The zero-order valence-corrected chi connectivity index (χ0v) is 20.7. The number of hydrogen-bond acceptors (Lipinski definition) is 5. The van der Waals surface area contributed by atoms with E-state index in [2.05, 4.69) is 35.3 Å². The molecule has 10 heteroatoms. The molecule has 200 valence electrons. The second-order valence-corrected chi connectivity index (χ2v) is 9.13. The highest BCUT2D eigenvalue weighted by molar-refractivity contribution is 5.98. The fraction of sp³-hybridized carbons (Fsp3) is 0.321. The first-order chi connectivity index (χ1) is 18.1. The number of carbonyl (C=O) groups is 2. The molecule has 1 fully saturated rings. The van der Waals surface area contributed by atoms with Crippen molar-refractivity contribution in [1.82, 2.24) is 4.98 Å². The minimum absolute atomic E-state index is 0.0458. The highest BCUT2D eigenvalue weighted by Crippen LogP contribution is 2.48. The maximum atomic E-state index is 13.3. The molecule has 2 aliphatic rings. The van der Waals surface area contributed by atoms with E-state index in [0.717, 1.165) is 54.3 Å². The third-order valence-electron chi connectivity index (χ3n) is 6.79. The van der Waals surface area contributed by atoms with Crippen LogP contribution < -0.4 is 9.64 Å². The van der Waals surface area contributed by atoms with Crippen molar-refractivity contribution in [3.05, 3.63) is 78.1 Å². The minimum atomic E-state index is -5.08. The number of aromatic nitrogens is 1. The zero-order valence-electron chi connectivity index (χ0n) is 20.7. The Morgan fingerprint density at radius 1 is 1.05 bits per heavy atom. The van der Waals surface area contributed by atoms with Gasteiger partial charge in [-0.25, -0.2) is 4.79 Å². The van der Waals surface area contributed by atoms with Crippen molar-refractivity contribution >= 4 is 17.6 Å². The summed E-state index contributed by atoms with van der Waals surface area (Å²) >= 11 is 0. The van der Waals surface area contributed by atoms with E-state index < -0.39 is 12.1 Å². The van der Waals surface area contributed by atoms with Crippen LogP contribution in [-0.4, -0.2) is 55.0 Å². The van der Waals surface area contributed by atoms with Gasteiger partial charge in [0.05, 0.1) is 13.5 Å². The second-order valence-electron chi connectivity index (χ2n) is 9.13. The van der Waals surface area contributed by atoms with Gasteiger partial charge in [-0.15, -0.1) is 0 Å². The Hall–Kier alpha value is -3.92. The molecule has 1 N–H and O–H groups in total. The van der Waals surface area contributed by atoms with Crippen LogP contribution in [0.25, 0.3) is 11.1 Å². The number of aliphatic carboxylic acids is 1. The van der Waals surface area contributed by atoms with E-state index in [9.17, 15) is 18.0 Å². The van der Waals surface area contributed by atoms with Crippen LogP contribution in [-0.2, 0) is 26.2 Å². The molecule has 5 rings (SSSR count). The number of halogens is 3. The highest BCUT2D eigenvalue weighted by atomic mass is 19.4. The van der Waals surface area contributed by atoms with Crippen LogP contribution in [0.4, 0.5) is 18.9 Å². The number of benzene rings is 2. The first-order valence-electron chi connectivity index (χ1n) is 12.0. The van der Waals surface area contributed by atoms with E-state index in [1.165, 1.54) is 5.56 Å². The minimum Gasteiger partial charge on any atom is -0.497 e. The van der Waals surface area contributed by atoms with Crippen molar-refractivity contribution < 1.29 is 37.3 Å². The SMILES string of the molecule is COc1ccc(-c2ccc3c(c2)C2(CCOCC2)CN3C(=O)Cc2ccccn2)cc1.O=C(O)C(F)(F)F. The monoisotopic (exact) mass is 528 g/mol. The number of alkyl halides is 3. The van der Waals surface area contributed by atoms with Crippen molar-refractivity contribution in [3.63, 3.8) is 0 Å². The molecule has 1 saturated heterocycles. The summed E-state index contributed by atoms with van der Waals surface area (Å²) in [6.07, 6.45) is -1.17. The third kappa shape index (κ3) is 5.96. The van der Waals surface area contributed by atoms with Crippen LogP contribution in [0.3, 0.4) is 0 Å². The van der Waals surface area contributed by atoms with Gasteiger partial charge in [-0.3, -0.25) is 9.78 Å². The second kappa shape index (κ2) is 11.2. The Bertz CT molecular complexity index is 1270. The lowest BCUT2D eigenvalue weighted by molar-refractivity contribution is -0.192. The molecule has 3 heterocycles. The van der Waals surface area contributed by atoms with E-state index >= 15 is 0 Å². The number of anilines is 1. The first-order valence-corrected chi connectivity index (χ1v) is 12.0. The Balaban J connectivity index is 0.000000426. The molecular formula is C28H27F3N2O5. The third-order valence-corrected chi connectivity index (χ3v) is 6.79. The van der Waals surface area contributed by atoms with Gasteiger partial charge in [-0.05, 0) is 65.9 Å². The molecule has 2 aromatic carbocycles. The number of ether oxygens (including phenoxy) is 2. The molecule has 0 aliphatic carbocycles. The molecule has 0 radical (unpaired) electrons. The molecule has 3 aromatic rings. The molecular weight excluding hydrogens is 501 g/mol. The summed E-state index contributed by atoms with van der Waals surface area (Å²) in [7, 11) is 1.68. The molecule has 0 unspecified atom stereocenters. The number of methoxy groups -OCH3 is 1. The molecule has 1 aromatic heterocycles. The molecule has 38 heavy (non-hydrogen) atoms. The largest absolute Gasteiger partial charge is 0.497 e. The van der Waals surface area contributed by atoms with Crippen LogP contribution in [0.5, 0.6) is 5.75 Å². The fourth-order valence-corrected chi connectivity index (χ4v) is 4.80. The van der Waals surface area contributed by atoms with E-state index in [-0.39, 0.29) is 11.3 Å². The van der Waals surface area contributed by atoms with Crippen LogP contribution in [0.15, 0.2) is 66.9 Å². The summed E-state index contributed by atoms with van der Waals surface area (Å²) in [4.78, 5) is 28.5. The van der Waals surface area contributed by atoms with E-state index in [1.807, 2.05) is 35.2 Å². The molecule has 0 bridgehead atoms. The topological polar surface area (TPSA) is 89.0 Å². The lowest BCUT2D eigenvalue weighted by atomic mass is 9.75. The number of carboxylic acid groups (broad SMARTS) is 1. The van der Waals surface area contributed by atoms with Gasteiger partial charge < -0.3 is 19.5 Å². The summed E-state index contributed by atoms with van der Waals surface area (Å²) in [5.41, 5.74) is 5.35. The Morgan fingerprint density at radius 2 is 1.71 bits per heavy atom. The number of carboxylic acids is 1. The predicted molar refractivity (Wildman–Crippen MR) is 134 cm³/mol. The average molecular weight is 529 g/mol. The van der Waals surface area contributed by atoms with Gasteiger partial charge in [-0.1, -0.05) is 24.3 Å². The lowest BCUT2D eigenvalue weighted by Crippen LogP contribution is -2.41. The van der Waals surface area contributed by atoms with Crippen molar-refractivity contribution in [2.45, 2.75) is 30.9 Å². The number of carbonyl (C=O) groups excluding carboxylic acids is 1. The Labute approximate surface area is 217 Å². The average Bonchev–Trinajstić information content (AvgIpc) is 3.22. The van der Waals surface area contributed by atoms with E-state index in [0.29, 0.717) is 13.0 Å². The summed E-state index contributed by atoms with van der Waals surface area (Å²) in [6.45, 7) is 2.17. The predicted octanol–water partition coefficient (Wildman–Crippen LogP) is 5.03. The lowest BCUT2D eigenvalue weighted by Gasteiger charge is -2.34. The van der Waals surface area contributed by atoms with Gasteiger partial charge in [0.1, 0.15) is 5.75 Å². The number of hydrogen-bond donors (Lipinski definition) is 1. The van der Waals surface area contributed by atoms with Crippen molar-refractivity contribution in [2.75, 3.05) is 31.8 Å². The van der Waals surface area contributed by atoms with Gasteiger partial charge in [0.2, 0.25) is 5.91 Å². The summed E-state index contributed by atoms with van der Waals surface area (Å²) in [5, 5.41) is 7.12. The molecule has 0 saturated carbocycles. The fourth-order valence-electron chi connectivity index (χ4n) is 4.80. The maximum Gasteiger partial charge on any atom is 0.490 e. The number of rotatable bonds is 4. The molecule has 1 spiro atoms.